The van der Waals surface area contributed by atoms with E-state index in [1.54, 1.807) is 24.3 Å². The number of carbonyl (C=O) groups is 1. The summed E-state index contributed by atoms with van der Waals surface area (Å²) in [6.07, 6.45) is -3.73. The lowest BCUT2D eigenvalue weighted by Gasteiger charge is -2.26. The Morgan fingerprint density at radius 3 is 2.20 bits per heavy atom. The smallest absolute Gasteiger partial charge is 0.392 e. The van der Waals surface area contributed by atoms with Crippen molar-refractivity contribution in [1.82, 2.24) is 0 Å². The molecular weight excluding hydrogens is 293 g/mol. The van der Waals surface area contributed by atoms with E-state index < -0.39 is 12.1 Å². The number of rotatable bonds is 1. The maximum absolute atomic E-state index is 11.9. The molecule has 0 amide bonds. The summed E-state index contributed by atoms with van der Waals surface area (Å²) >= 11 is 5.55. The van der Waals surface area contributed by atoms with E-state index in [-0.39, 0.29) is 29.6 Å². The number of ether oxygens (including phenoxy) is 1. The summed E-state index contributed by atoms with van der Waals surface area (Å²) in [5.74, 6) is -1.42. The molecule has 1 aromatic carbocycles. The molecule has 1 aromatic rings. The summed E-state index contributed by atoms with van der Waals surface area (Å²) in [4.78, 5) is 10.8. The molecule has 4 unspecified atom stereocenters. The lowest BCUT2D eigenvalue weighted by Crippen LogP contribution is -2.31. The Morgan fingerprint density at radius 2 is 1.90 bits per heavy atom. The van der Waals surface area contributed by atoms with Gasteiger partial charge in [0.1, 0.15) is 0 Å². The minimum atomic E-state index is -4.00. The number of hydrogen-bond acceptors (Lipinski definition) is 2. The highest BCUT2D eigenvalue weighted by Gasteiger charge is 2.69. The fraction of sp³-hybridized carbons (Fsp3) is 0.500. The van der Waals surface area contributed by atoms with Crippen molar-refractivity contribution < 1.29 is 22.7 Å². The van der Waals surface area contributed by atoms with Crippen LogP contribution >= 0.6 is 11.6 Å². The number of esters is 1. The van der Waals surface area contributed by atoms with Gasteiger partial charge in [0.15, 0.2) is 0 Å². The SMILES string of the molecule is COC(=O)c1ccccc1.FC(F)(F)C1CC2C(Cl)C21. The van der Waals surface area contributed by atoms with Crippen LogP contribution in [-0.4, -0.2) is 24.6 Å². The third-order valence-electron chi connectivity index (χ3n) is 3.74. The van der Waals surface area contributed by atoms with Crippen LogP contribution in [0.5, 0.6) is 0 Å². The molecule has 2 nitrogen and oxygen atoms in total. The van der Waals surface area contributed by atoms with Gasteiger partial charge < -0.3 is 4.74 Å². The van der Waals surface area contributed by atoms with Crippen molar-refractivity contribution >= 4 is 17.6 Å². The fourth-order valence-corrected chi connectivity index (χ4v) is 3.01. The highest BCUT2D eigenvalue weighted by molar-refractivity contribution is 6.23. The van der Waals surface area contributed by atoms with Crippen molar-refractivity contribution in [2.45, 2.75) is 18.0 Å². The molecule has 0 spiro atoms. The van der Waals surface area contributed by atoms with Gasteiger partial charge in [-0.05, 0) is 30.4 Å². The van der Waals surface area contributed by atoms with Crippen LogP contribution in [-0.2, 0) is 4.74 Å². The molecule has 0 saturated heterocycles. The predicted octanol–water partition coefficient (Wildman–Crippen LogP) is 3.90. The average molecular weight is 307 g/mol. The van der Waals surface area contributed by atoms with Crippen LogP contribution in [0, 0.1) is 17.8 Å². The molecule has 0 aliphatic heterocycles. The molecule has 20 heavy (non-hydrogen) atoms. The van der Waals surface area contributed by atoms with Crippen molar-refractivity contribution in [2.75, 3.05) is 7.11 Å². The number of fused-ring (bicyclic) bond motifs is 1. The number of hydrogen-bond donors (Lipinski definition) is 0. The van der Waals surface area contributed by atoms with Gasteiger partial charge in [-0.15, -0.1) is 11.6 Å². The number of alkyl halides is 4. The monoisotopic (exact) mass is 306 g/mol. The van der Waals surface area contributed by atoms with Crippen molar-refractivity contribution in [3.8, 4) is 0 Å². The van der Waals surface area contributed by atoms with Gasteiger partial charge in [-0.1, -0.05) is 18.2 Å². The molecule has 0 heterocycles. The van der Waals surface area contributed by atoms with E-state index in [0.717, 1.165) is 0 Å². The topological polar surface area (TPSA) is 26.3 Å². The molecule has 0 bridgehead atoms. The van der Waals surface area contributed by atoms with E-state index in [2.05, 4.69) is 4.74 Å². The predicted molar refractivity (Wildman–Crippen MR) is 68.6 cm³/mol. The molecular formula is C14H14ClF3O2. The van der Waals surface area contributed by atoms with Crippen LogP contribution in [0.2, 0.25) is 0 Å². The third-order valence-corrected chi connectivity index (χ3v) is 4.35. The van der Waals surface area contributed by atoms with Crippen molar-refractivity contribution in [2.24, 2.45) is 17.8 Å². The number of methoxy groups -OCH3 is 1. The molecule has 6 heteroatoms. The molecule has 4 atom stereocenters. The Bertz CT molecular complexity index is 471. The van der Waals surface area contributed by atoms with E-state index in [0.29, 0.717) is 5.56 Å². The first-order valence-corrected chi connectivity index (χ1v) is 6.64. The summed E-state index contributed by atoms with van der Waals surface area (Å²) in [5.41, 5.74) is 0.588. The first-order chi connectivity index (χ1) is 9.36. The van der Waals surface area contributed by atoms with E-state index in [4.69, 9.17) is 11.6 Å². The second-order valence-corrected chi connectivity index (χ2v) is 5.43. The van der Waals surface area contributed by atoms with Crippen molar-refractivity contribution in [1.29, 1.82) is 0 Å². The molecule has 2 saturated carbocycles. The van der Waals surface area contributed by atoms with Crippen LogP contribution in [0.4, 0.5) is 13.2 Å². The van der Waals surface area contributed by atoms with Gasteiger partial charge >= 0.3 is 12.1 Å². The molecule has 0 radical (unpaired) electrons. The minimum absolute atomic E-state index is 0.174. The van der Waals surface area contributed by atoms with Gasteiger partial charge in [0.25, 0.3) is 0 Å². The van der Waals surface area contributed by atoms with Crippen LogP contribution in [0.3, 0.4) is 0 Å². The Hall–Kier alpha value is -1.23. The molecule has 2 aliphatic carbocycles. The first kappa shape index (κ1) is 15.2. The summed E-state index contributed by atoms with van der Waals surface area (Å²) in [6.45, 7) is 0. The Morgan fingerprint density at radius 1 is 1.30 bits per heavy atom. The molecule has 2 fully saturated rings. The molecule has 0 aromatic heterocycles. The average Bonchev–Trinajstić information content (AvgIpc) is 2.86. The van der Waals surface area contributed by atoms with Crippen LogP contribution in [0.15, 0.2) is 30.3 Å². The molecule has 3 rings (SSSR count). The van der Waals surface area contributed by atoms with E-state index in [9.17, 15) is 18.0 Å². The zero-order valence-electron chi connectivity index (χ0n) is 10.7. The zero-order valence-corrected chi connectivity index (χ0v) is 11.5. The molecule has 110 valence electrons. The maximum atomic E-state index is 11.9. The third kappa shape index (κ3) is 3.08. The maximum Gasteiger partial charge on any atom is 0.392 e. The standard InChI is InChI=1S/C8H8O2.C6H6ClF3/c1-10-8(9)7-5-3-2-4-6-7;7-5-2-1-3(4(2)5)6(8,9)10/h2-6H,1H3;2-5H,1H2. The van der Waals surface area contributed by atoms with Gasteiger partial charge in [0.05, 0.1) is 18.6 Å². The quantitative estimate of drug-likeness (QED) is 0.581. The normalized spacial score (nSPS) is 30.2. The lowest BCUT2D eigenvalue weighted by atomic mass is 9.85. The highest BCUT2D eigenvalue weighted by Crippen LogP contribution is 2.66. The number of halogens is 4. The summed E-state index contributed by atoms with van der Waals surface area (Å²) in [7, 11) is 1.37. The Labute approximate surface area is 119 Å². The minimum Gasteiger partial charge on any atom is -0.465 e. The van der Waals surface area contributed by atoms with E-state index in [1.807, 2.05) is 6.07 Å². The zero-order chi connectivity index (χ0) is 14.9. The number of carbonyl (C=O) groups excluding carboxylic acids is 1. The van der Waals surface area contributed by atoms with Crippen molar-refractivity contribution in [3.05, 3.63) is 35.9 Å². The van der Waals surface area contributed by atoms with Gasteiger partial charge in [0.2, 0.25) is 0 Å². The van der Waals surface area contributed by atoms with Crippen LogP contribution in [0.25, 0.3) is 0 Å². The van der Waals surface area contributed by atoms with Gasteiger partial charge in [0, 0.05) is 5.38 Å². The van der Waals surface area contributed by atoms with Crippen LogP contribution in [0.1, 0.15) is 16.8 Å². The molecule has 2 aliphatic rings. The second-order valence-electron chi connectivity index (χ2n) is 4.93. The van der Waals surface area contributed by atoms with Gasteiger partial charge in [-0.3, -0.25) is 0 Å². The summed E-state index contributed by atoms with van der Waals surface area (Å²) in [5, 5.41) is -0.174. The largest absolute Gasteiger partial charge is 0.465 e. The highest BCUT2D eigenvalue weighted by atomic mass is 35.5. The summed E-state index contributed by atoms with van der Waals surface area (Å²) in [6, 6.07) is 8.88. The van der Waals surface area contributed by atoms with Gasteiger partial charge in [-0.2, -0.15) is 13.2 Å². The van der Waals surface area contributed by atoms with E-state index in [1.165, 1.54) is 7.11 Å². The summed E-state index contributed by atoms with van der Waals surface area (Å²) < 4.78 is 40.2. The Kier molecular flexibility index (Phi) is 4.28. The first-order valence-electron chi connectivity index (χ1n) is 6.20. The lowest BCUT2D eigenvalue weighted by molar-refractivity contribution is -0.197. The molecule has 0 N–H and O–H groups in total. The Balaban J connectivity index is 0.000000147. The van der Waals surface area contributed by atoms with Gasteiger partial charge in [-0.25, -0.2) is 4.79 Å². The second kappa shape index (κ2) is 5.64. The fourth-order valence-electron chi connectivity index (χ4n) is 2.46. The van der Waals surface area contributed by atoms with Crippen LogP contribution < -0.4 is 0 Å². The number of benzene rings is 1. The van der Waals surface area contributed by atoms with E-state index >= 15 is 0 Å². The van der Waals surface area contributed by atoms with Crippen molar-refractivity contribution in [3.63, 3.8) is 0 Å².